The lowest BCUT2D eigenvalue weighted by Crippen LogP contribution is -2.27. The highest BCUT2D eigenvalue weighted by atomic mass is 28.3. The molecule has 0 radical (unpaired) electrons. The zero-order valence-corrected chi connectivity index (χ0v) is 13.4. The van der Waals surface area contributed by atoms with Crippen LogP contribution in [-0.2, 0) is 4.79 Å². The van der Waals surface area contributed by atoms with Crippen LogP contribution in [0, 0.1) is 0 Å². The van der Waals surface area contributed by atoms with Gasteiger partial charge in [-0.1, -0.05) is 52.7 Å². The van der Waals surface area contributed by atoms with Gasteiger partial charge in [-0.25, -0.2) is 4.79 Å². The molecule has 0 saturated heterocycles. The molecule has 0 fully saturated rings. The molecule has 0 amide bonds. The summed E-state index contributed by atoms with van der Waals surface area (Å²) in [5.74, 6) is -0.727. The van der Waals surface area contributed by atoms with Gasteiger partial charge in [-0.05, 0) is 24.4 Å². The van der Waals surface area contributed by atoms with Crippen molar-refractivity contribution in [2.75, 3.05) is 0 Å². The molecule has 0 heterocycles. The van der Waals surface area contributed by atoms with Crippen molar-refractivity contribution >= 4 is 14.8 Å². The molecule has 0 aliphatic carbocycles. The monoisotopic (exact) mass is 256 g/mol. The minimum atomic E-state index is -1.14. The number of carboxylic acid groups (broad SMARTS) is 1. The van der Waals surface area contributed by atoms with Crippen molar-refractivity contribution in [3.8, 4) is 0 Å². The SMILES string of the molecule is CCCCC(=C(C)C(=O)O)[SiH](C(C)C)C(C)C. The van der Waals surface area contributed by atoms with Crippen LogP contribution < -0.4 is 0 Å². The maximum Gasteiger partial charge on any atom is 0.330 e. The molecule has 0 spiro atoms. The Morgan fingerprint density at radius 2 is 1.65 bits per heavy atom. The van der Waals surface area contributed by atoms with E-state index in [0.29, 0.717) is 16.7 Å². The predicted molar refractivity (Wildman–Crippen MR) is 77.2 cm³/mol. The van der Waals surface area contributed by atoms with Gasteiger partial charge in [0.05, 0.1) is 8.80 Å². The van der Waals surface area contributed by atoms with E-state index in [1.54, 1.807) is 6.92 Å². The molecule has 100 valence electrons. The number of aliphatic carboxylic acids is 1. The zero-order chi connectivity index (χ0) is 13.6. The molecule has 0 unspecified atom stereocenters. The van der Waals surface area contributed by atoms with Crippen molar-refractivity contribution in [3.63, 3.8) is 0 Å². The van der Waals surface area contributed by atoms with E-state index >= 15 is 0 Å². The Morgan fingerprint density at radius 1 is 1.18 bits per heavy atom. The van der Waals surface area contributed by atoms with Crippen molar-refractivity contribution in [2.24, 2.45) is 0 Å². The Labute approximate surface area is 108 Å². The van der Waals surface area contributed by atoms with Crippen LogP contribution in [0.2, 0.25) is 11.1 Å². The van der Waals surface area contributed by atoms with E-state index in [1.807, 2.05) is 0 Å². The molecule has 17 heavy (non-hydrogen) atoms. The molecular weight excluding hydrogens is 228 g/mol. The van der Waals surface area contributed by atoms with E-state index in [0.717, 1.165) is 19.3 Å². The van der Waals surface area contributed by atoms with Gasteiger partial charge in [0.15, 0.2) is 0 Å². The van der Waals surface area contributed by atoms with Crippen molar-refractivity contribution < 1.29 is 9.90 Å². The van der Waals surface area contributed by atoms with Gasteiger partial charge in [-0.15, -0.1) is 0 Å². The van der Waals surface area contributed by atoms with Crippen LogP contribution in [0.3, 0.4) is 0 Å². The highest BCUT2D eigenvalue weighted by Gasteiger charge is 2.26. The van der Waals surface area contributed by atoms with E-state index in [4.69, 9.17) is 0 Å². The topological polar surface area (TPSA) is 37.3 Å². The second-order valence-electron chi connectivity index (χ2n) is 5.57. The van der Waals surface area contributed by atoms with Gasteiger partial charge in [-0.3, -0.25) is 0 Å². The van der Waals surface area contributed by atoms with Crippen LogP contribution in [0.25, 0.3) is 0 Å². The van der Waals surface area contributed by atoms with Crippen LogP contribution >= 0.6 is 0 Å². The molecule has 0 bridgehead atoms. The summed E-state index contributed by atoms with van der Waals surface area (Å²) in [6.07, 6.45) is 3.23. The Morgan fingerprint density at radius 3 is 1.94 bits per heavy atom. The predicted octanol–water partition coefficient (Wildman–Crippen LogP) is 4.16. The molecule has 0 rings (SSSR count). The normalized spacial score (nSPS) is 13.5. The average molecular weight is 256 g/mol. The highest BCUT2D eigenvalue weighted by Crippen LogP contribution is 2.31. The molecule has 0 saturated carbocycles. The lowest BCUT2D eigenvalue weighted by Gasteiger charge is -2.27. The maximum atomic E-state index is 11.2. The molecule has 2 nitrogen and oxygen atoms in total. The fourth-order valence-electron chi connectivity index (χ4n) is 2.68. The number of unbranched alkanes of at least 4 members (excludes halogenated alkanes) is 1. The molecule has 0 atom stereocenters. The summed E-state index contributed by atoms with van der Waals surface area (Å²) < 4.78 is 0. The van der Waals surface area contributed by atoms with E-state index in [-0.39, 0.29) is 0 Å². The third kappa shape index (κ3) is 5.07. The second-order valence-corrected chi connectivity index (χ2v) is 9.99. The average Bonchev–Trinajstić information content (AvgIpc) is 2.21. The van der Waals surface area contributed by atoms with Crippen molar-refractivity contribution in [2.45, 2.75) is 71.9 Å². The number of carbonyl (C=O) groups is 1. The quantitative estimate of drug-likeness (QED) is 0.548. The second kappa shape index (κ2) is 7.70. The van der Waals surface area contributed by atoms with Crippen molar-refractivity contribution in [1.82, 2.24) is 0 Å². The Balaban J connectivity index is 5.27. The first-order valence-electron chi connectivity index (χ1n) is 6.75. The summed E-state index contributed by atoms with van der Waals surface area (Å²) in [7, 11) is -1.14. The first-order chi connectivity index (χ1) is 7.82. The third-order valence-corrected chi connectivity index (χ3v) is 7.84. The summed E-state index contributed by atoms with van der Waals surface area (Å²) in [5, 5.41) is 10.5. The third-order valence-electron chi connectivity index (χ3n) is 3.44. The Kier molecular flexibility index (Phi) is 7.44. The molecular formula is C14H28O2Si. The van der Waals surface area contributed by atoms with Gasteiger partial charge in [-0.2, -0.15) is 0 Å². The largest absolute Gasteiger partial charge is 0.478 e. The highest BCUT2D eigenvalue weighted by molar-refractivity contribution is 6.69. The summed E-state index contributed by atoms with van der Waals surface area (Å²) in [6.45, 7) is 12.9. The van der Waals surface area contributed by atoms with Crippen LogP contribution in [0.1, 0.15) is 60.8 Å². The fraction of sp³-hybridized carbons (Fsp3) is 0.786. The van der Waals surface area contributed by atoms with Crippen LogP contribution in [0.5, 0.6) is 0 Å². The molecule has 1 N–H and O–H groups in total. The lowest BCUT2D eigenvalue weighted by molar-refractivity contribution is -0.132. The maximum absolute atomic E-state index is 11.2. The van der Waals surface area contributed by atoms with Gasteiger partial charge in [0.2, 0.25) is 0 Å². The van der Waals surface area contributed by atoms with E-state index < -0.39 is 14.8 Å². The summed E-state index contributed by atoms with van der Waals surface area (Å²) in [6, 6.07) is 0. The standard InChI is InChI=1S/C14H28O2Si/c1-7-8-9-13(12(6)14(15)16)17(10(2)3)11(4)5/h10-11,17H,7-9H2,1-6H3,(H,15,16). The lowest BCUT2D eigenvalue weighted by atomic mass is 10.2. The number of carboxylic acids is 1. The van der Waals surface area contributed by atoms with Crippen molar-refractivity contribution in [1.29, 1.82) is 0 Å². The van der Waals surface area contributed by atoms with E-state index in [2.05, 4.69) is 34.6 Å². The first kappa shape index (κ1) is 16.4. The number of hydrogen-bond donors (Lipinski definition) is 1. The van der Waals surface area contributed by atoms with Crippen molar-refractivity contribution in [3.05, 3.63) is 10.8 Å². The molecule has 0 aliphatic heterocycles. The fourth-order valence-corrected chi connectivity index (χ4v) is 6.99. The van der Waals surface area contributed by atoms with Gasteiger partial charge in [0, 0.05) is 5.57 Å². The Bertz CT molecular complexity index is 272. The molecule has 0 aromatic heterocycles. The molecule has 0 aromatic rings. The first-order valence-corrected chi connectivity index (χ1v) is 8.66. The van der Waals surface area contributed by atoms with E-state index in [9.17, 15) is 9.90 Å². The smallest absolute Gasteiger partial charge is 0.330 e. The van der Waals surface area contributed by atoms with Crippen LogP contribution in [0.4, 0.5) is 0 Å². The van der Waals surface area contributed by atoms with Crippen LogP contribution in [0.15, 0.2) is 10.8 Å². The summed E-state index contributed by atoms with van der Waals surface area (Å²) >= 11 is 0. The zero-order valence-electron chi connectivity index (χ0n) is 12.2. The molecule has 0 aromatic carbocycles. The summed E-state index contributed by atoms with van der Waals surface area (Å²) in [5.41, 5.74) is 1.89. The van der Waals surface area contributed by atoms with Gasteiger partial charge < -0.3 is 5.11 Å². The van der Waals surface area contributed by atoms with Crippen LogP contribution in [-0.4, -0.2) is 19.9 Å². The Hall–Kier alpha value is -0.573. The minimum absolute atomic E-state index is 0.623. The molecule has 3 heteroatoms. The minimum Gasteiger partial charge on any atom is -0.478 e. The number of allylic oxidation sites excluding steroid dienone is 1. The van der Waals surface area contributed by atoms with E-state index in [1.165, 1.54) is 5.20 Å². The number of rotatable bonds is 7. The summed E-state index contributed by atoms with van der Waals surface area (Å²) in [4.78, 5) is 11.2. The van der Waals surface area contributed by atoms with Gasteiger partial charge in [0.1, 0.15) is 0 Å². The van der Waals surface area contributed by atoms with Gasteiger partial charge >= 0.3 is 5.97 Å². The number of hydrogen-bond acceptors (Lipinski definition) is 1. The van der Waals surface area contributed by atoms with Gasteiger partial charge in [0.25, 0.3) is 0 Å². The molecule has 0 aliphatic rings.